The number of benzene rings is 1. The summed E-state index contributed by atoms with van der Waals surface area (Å²) in [6.07, 6.45) is 0. The maximum atomic E-state index is 11.8. The number of hydrogen-bond acceptors (Lipinski definition) is 5. The maximum Gasteiger partial charge on any atom is 0.335 e. The van der Waals surface area contributed by atoms with Crippen LogP contribution in [0.3, 0.4) is 0 Å². The summed E-state index contributed by atoms with van der Waals surface area (Å²) >= 11 is 6.56. The molecule has 8 heteroatoms. The van der Waals surface area contributed by atoms with E-state index in [4.69, 9.17) is 16.7 Å². The molecule has 2 aromatic rings. The number of halogens is 1. The van der Waals surface area contributed by atoms with Gasteiger partial charge in [0.25, 0.3) is 5.91 Å². The van der Waals surface area contributed by atoms with E-state index in [0.717, 1.165) is 11.3 Å². The first-order chi connectivity index (χ1) is 8.97. The minimum Gasteiger partial charge on any atom is -0.478 e. The number of aryl methyl sites for hydroxylation is 1. The van der Waals surface area contributed by atoms with Crippen LogP contribution in [-0.2, 0) is 0 Å². The number of carboxylic acids is 1. The minimum absolute atomic E-state index is 0.145. The summed E-state index contributed by atoms with van der Waals surface area (Å²) in [6.45, 7) is 1.70. The van der Waals surface area contributed by atoms with Gasteiger partial charge in [-0.2, -0.15) is 0 Å². The average Bonchev–Trinajstić information content (AvgIpc) is 2.78. The Morgan fingerprint density at radius 3 is 2.63 bits per heavy atom. The van der Waals surface area contributed by atoms with Gasteiger partial charge >= 0.3 is 5.97 Å². The SMILES string of the molecule is Cc1cc(C(=O)O)ccc1NC(=O)c1nnc(Cl)s1. The topological polar surface area (TPSA) is 92.2 Å². The highest BCUT2D eigenvalue weighted by molar-refractivity contribution is 7.17. The summed E-state index contributed by atoms with van der Waals surface area (Å²) in [4.78, 5) is 22.6. The average molecular weight is 298 g/mol. The summed E-state index contributed by atoms with van der Waals surface area (Å²) in [7, 11) is 0. The van der Waals surface area contributed by atoms with Crippen LogP contribution in [0.1, 0.15) is 25.7 Å². The fourth-order valence-corrected chi connectivity index (χ4v) is 2.13. The molecule has 0 saturated carbocycles. The van der Waals surface area contributed by atoms with Gasteiger partial charge in [-0.25, -0.2) is 4.79 Å². The van der Waals surface area contributed by atoms with Crippen molar-refractivity contribution in [1.29, 1.82) is 0 Å². The first-order valence-corrected chi connectivity index (χ1v) is 6.31. The van der Waals surface area contributed by atoms with E-state index in [2.05, 4.69) is 15.5 Å². The molecule has 1 heterocycles. The molecule has 2 rings (SSSR count). The van der Waals surface area contributed by atoms with Crippen molar-refractivity contribution in [2.45, 2.75) is 6.92 Å². The number of anilines is 1. The fourth-order valence-electron chi connectivity index (χ4n) is 1.41. The molecule has 0 spiro atoms. The highest BCUT2D eigenvalue weighted by Gasteiger charge is 2.14. The Kier molecular flexibility index (Phi) is 3.77. The second kappa shape index (κ2) is 5.33. The van der Waals surface area contributed by atoms with E-state index in [1.54, 1.807) is 6.92 Å². The van der Waals surface area contributed by atoms with Crippen LogP contribution in [0.25, 0.3) is 0 Å². The Hall–Kier alpha value is -1.99. The molecule has 6 nitrogen and oxygen atoms in total. The van der Waals surface area contributed by atoms with Gasteiger partial charge < -0.3 is 10.4 Å². The lowest BCUT2D eigenvalue weighted by atomic mass is 10.1. The number of carboxylic acid groups (broad SMARTS) is 1. The van der Waals surface area contributed by atoms with E-state index in [1.807, 2.05) is 0 Å². The normalized spacial score (nSPS) is 10.2. The zero-order chi connectivity index (χ0) is 14.0. The molecular weight excluding hydrogens is 290 g/mol. The molecule has 0 aliphatic heterocycles. The maximum absolute atomic E-state index is 11.8. The van der Waals surface area contributed by atoms with Crippen molar-refractivity contribution in [3.8, 4) is 0 Å². The van der Waals surface area contributed by atoms with Crippen LogP contribution in [-0.4, -0.2) is 27.2 Å². The molecule has 0 unspecified atom stereocenters. The number of aromatic carboxylic acids is 1. The monoisotopic (exact) mass is 297 g/mol. The lowest BCUT2D eigenvalue weighted by Gasteiger charge is -2.07. The number of carbonyl (C=O) groups is 2. The first kappa shape index (κ1) is 13.4. The van der Waals surface area contributed by atoms with Crippen molar-refractivity contribution in [3.05, 3.63) is 38.8 Å². The molecule has 0 bridgehead atoms. The van der Waals surface area contributed by atoms with Crippen molar-refractivity contribution >= 4 is 40.5 Å². The number of aromatic nitrogens is 2. The summed E-state index contributed by atoms with van der Waals surface area (Å²) in [6, 6.07) is 4.42. The zero-order valence-corrected chi connectivity index (χ0v) is 11.2. The van der Waals surface area contributed by atoms with Gasteiger partial charge in [0.15, 0.2) is 0 Å². The van der Waals surface area contributed by atoms with Crippen LogP contribution < -0.4 is 5.32 Å². The van der Waals surface area contributed by atoms with Crippen molar-refractivity contribution in [2.75, 3.05) is 5.32 Å². The molecule has 0 saturated heterocycles. The molecule has 0 fully saturated rings. The second-order valence-corrected chi connectivity index (χ2v) is 5.21. The smallest absolute Gasteiger partial charge is 0.335 e. The Balaban J connectivity index is 2.20. The van der Waals surface area contributed by atoms with Crippen LogP contribution in [0, 0.1) is 6.92 Å². The van der Waals surface area contributed by atoms with E-state index in [-0.39, 0.29) is 15.0 Å². The molecule has 2 N–H and O–H groups in total. The van der Waals surface area contributed by atoms with Crippen molar-refractivity contribution < 1.29 is 14.7 Å². The molecule has 0 aliphatic rings. The quantitative estimate of drug-likeness (QED) is 0.908. The molecule has 19 heavy (non-hydrogen) atoms. The highest BCUT2D eigenvalue weighted by atomic mass is 35.5. The number of nitrogens with one attached hydrogen (secondary N) is 1. The third-order valence-electron chi connectivity index (χ3n) is 2.32. The Morgan fingerprint density at radius 2 is 2.11 bits per heavy atom. The Morgan fingerprint density at radius 1 is 1.37 bits per heavy atom. The predicted octanol–water partition coefficient (Wildman–Crippen LogP) is 2.45. The second-order valence-electron chi connectivity index (χ2n) is 3.65. The van der Waals surface area contributed by atoms with E-state index < -0.39 is 11.9 Å². The largest absolute Gasteiger partial charge is 0.478 e. The Labute approximate surface area is 117 Å². The van der Waals surface area contributed by atoms with Gasteiger partial charge in [0.1, 0.15) is 0 Å². The van der Waals surface area contributed by atoms with Crippen molar-refractivity contribution in [2.24, 2.45) is 0 Å². The van der Waals surface area contributed by atoms with Gasteiger partial charge in [-0.05, 0) is 42.3 Å². The summed E-state index contributed by atoms with van der Waals surface area (Å²) in [5, 5.41) is 18.8. The molecule has 98 valence electrons. The summed E-state index contributed by atoms with van der Waals surface area (Å²) in [5.41, 5.74) is 1.32. The minimum atomic E-state index is -1.02. The lowest BCUT2D eigenvalue weighted by molar-refractivity contribution is 0.0696. The number of amides is 1. The van der Waals surface area contributed by atoms with Crippen LogP contribution in [0.4, 0.5) is 5.69 Å². The number of nitrogens with zero attached hydrogens (tertiary/aromatic N) is 2. The van der Waals surface area contributed by atoms with Gasteiger partial charge in [-0.1, -0.05) is 11.3 Å². The third kappa shape index (κ3) is 3.07. The summed E-state index contributed by atoms with van der Waals surface area (Å²) < 4.78 is 0.183. The van der Waals surface area contributed by atoms with Crippen molar-refractivity contribution in [1.82, 2.24) is 10.2 Å². The predicted molar refractivity (Wildman–Crippen MR) is 71.0 cm³/mol. The van der Waals surface area contributed by atoms with Gasteiger partial charge in [-0.15, -0.1) is 10.2 Å². The van der Waals surface area contributed by atoms with Crippen molar-refractivity contribution in [3.63, 3.8) is 0 Å². The number of rotatable bonds is 3. The van der Waals surface area contributed by atoms with Gasteiger partial charge in [0, 0.05) is 5.69 Å². The molecule has 0 radical (unpaired) electrons. The van der Waals surface area contributed by atoms with Gasteiger partial charge in [-0.3, -0.25) is 4.79 Å². The molecule has 0 aliphatic carbocycles. The van der Waals surface area contributed by atoms with Gasteiger partial charge in [0.2, 0.25) is 9.47 Å². The van der Waals surface area contributed by atoms with Gasteiger partial charge in [0.05, 0.1) is 5.56 Å². The van der Waals surface area contributed by atoms with Crippen LogP contribution >= 0.6 is 22.9 Å². The van der Waals surface area contributed by atoms with E-state index in [1.165, 1.54) is 18.2 Å². The standard InChI is InChI=1S/C11H8ClN3O3S/c1-5-4-6(10(17)18)2-3-7(5)13-8(16)9-14-15-11(12)19-9/h2-4H,1H3,(H,13,16)(H,17,18). The van der Waals surface area contributed by atoms with Crippen LogP contribution in [0.2, 0.25) is 4.47 Å². The lowest BCUT2D eigenvalue weighted by Crippen LogP contribution is -2.13. The molecular formula is C11H8ClN3O3S. The first-order valence-electron chi connectivity index (χ1n) is 5.11. The van der Waals surface area contributed by atoms with E-state index in [0.29, 0.717) is 11.3 Å². The molecule has 1 aromatic heterocycles. The molecule has 1 amide bonds. The third-order valence-corrected chi connectivity index (χ3v) is 3.33. The Bertz CT molecular complexity index is 656. The molecule has 0 atom stereocenters. The summed E-state index contributed by atoms with van der Waals surface area (Å²) in [5.74, 6) is -1.45. The van der Waals surface area contributed by atoms with E-state index in [9.17, 15) is 9.59 Å². The zero-order valence-electron chi connectivity index (χ0n) is 9.68. The molecule has 1 aromatic carbocycles. The van der Waals surface area contributed by atoms with Crippen LogP contribution in [0.5, 0.6) is 0 Å². The highest BCUT2D eigenvalue weighted by Crippen LogP contribution is 2.20. The number of hydrogen-bond donors (Lipinski definition) is 2. The number of carbonyl (C=O) groups excluding carboxylic acids is 1. The van der Waals surface area contributed by atoms with Crippen LogP contribution in [0.15, 0.2) is 18.2 Å². The fraction of sp³-hybridized carbons (Fsp3) is 0.0909. The van der Waals surface area contributed by atoms with E-state index >= 15 is 0 Å².